The molecular formula is C15H21N5O3S. The Morgan fingerprint density at radius 1 is 1.46 bits per heavy atom. The predicted molar refractivity (Wildman–Crippen MR) is 94.8 cm³/mol. The minimum absolute atomic E-state index is 0.240. The molecule has 2 aromatic heterocycles. The number of piperidine rings is 1. The van der Waals surface area contributed by atoms with E-state index in [-0.39, 0.29) is 11.1 Å². The number of rotatable bonds is 4. The van der Waals surface area contributed by atoms with E-state index in [1.54, 1.807) is 0 Å². The lowest BCUT2D eigenvalue weighted by Crippen LogP contribution is -2.40. The van der Waals surface area contributed by atoms with Gasteiger partial charge in [0.1, 0.15) is 22.1 Å². The van der Waals surface area contributed by atoms with Crippen LogP contribution in [0.5, 0.6) is 10.8 Å². The minimum atomic E-state index is -0.906. The molecule has 0 aliphatic carbocycles. The van der Waals surface area contributed by atoms with Crippen LogP contribution in [-0.4, -0.2) is 36.8 Å². The second-order valence-electron chi connectivity index (χ2n) is 5.64. The molecule has 1 amide bonds. The van der Waals surface area contributed by atoms with Gasteiger partial charge in [-0.2, -0.15) is 0 Å². The number of amides is 1. The molecule has 0 bridgehead atoms. The molecule has 0 unspecified atom stereocenters. The van der Waals surface area contributed by atoms with E-state index in [9.17, 15) is 4.79 Å². The van der Waals surface area contributed by atoms with Gasteiger partial charge in [-0.15, -0.1) is 0 Å². The van der Waals surface area contributed by atoms with Crippen LogP contribution in [0, 0.1) is 0 Å². The van der Waals surface area contributed by atoms with Crippen molar-refractivity contribution in [2.45, 2.75) is 25.8 Å². The molecule has 1 aliphatic heterocycles. The van der Waals surface area contributed by atoms with Crippen LogP contribution in [0.2, 0.25) is 0 Å². The highest BCUT2D eigenvalue weighted by molar-refractivity contribution is 7.21. The molecule has 130 valence electrons. The molecule has 1 fully saturated rings. The topological polar surface area (TPSA) is 130 Å². The van der Waals surface area contributed by atoms with Gasteiger partial charge < -0.3 is 31.6 Å². The van der Waals surface area contributed by atoms with Crippen molar-refractivity contribution in [2.75, 3.05) is 30.3 Å². The van der Waals surface area contributed by atoms with E-state index in [1.807, 2.05) is 13.0 Å². The first-order valence-electron chi connectivity index (χ1n) is 7.83. The van der Waals surface area contributed by atoms with Gasteiger partial charge in [0.2, 0.25) is 5.06 Å². The minimum Gasteiger partial charge on any atom is -0.493 e. The Balaban J connectivity index is 2.04. The molecule has 3 heterocycles. The maximum atomic E-state index is 11.0. The summed E-state index contributed by atoms with van der Waals surface area (Å²) in [5.41, 5.74) is 17.5. The smallest absolute Gasteiger partial charge is 0.410 e. The van der Waals surface area contributed by atoms with Gasteiger partial charge in [-0.1, -0.05) is 11.3 Å². The zero-order valence-corrected chi connectivity index (χ0v) is 14.3. The molecule has 3 rings (SSSR count). The number of nitrogen functional groups attached to an aromatic ring is 1. The fraction of sp³-hybridized carbons (Fsp3) is 0.467. The zero-order chi connectivity index (χ0) is 17.3. The van der Waals surface area contributed by atoms with Gasteiger partial charge in [0.25, 0.3) is 0 Å². The summed E-state index contributed by atoms with van der Waals surface area (Å²) in [7, 11) is 0. The standard InChI is InChI=1S/C15H21N5O3S/c1-2-22-9-7-10(20-5-3-8(16)4-6-20)19-13-11(9)12(17)14(24-13)23-15(18)21/h7-8H,2-6,16-17H2,1H3,(H2,18,21). The molecule has 24 heavy (non-hydrogen) atoms. The van der Waals surface area contributed by atoms with Crippen LogP contribution in [0.4, 0.5) is 16.3 Å². The van der Waals surface area contributed by atoms with E-state index in [4.69, 9.17) is 26.7 Å². The fourth-order valence-corrected chi connectivity index (χ4v) is 3.74. The number of thiophene rings is 1. The molecule has 0 saturated carbocycles. The Labute approximate surface area is 143 Å². The van der Waals surface area contributed by atoms with Crippen molar-refractivity contribution >= 4 is 39.2 Å². The van der Waals surface area contributed by atoms with Crippen LogP contribution in [0.1, 0.15) is 19.8 Å². The van der Waals surface area contributed by atoms with Crippen molar-refractivity contribution in [1.82, 2.24) is 4.98 Å². The van der Waals surface area contributed by atoms with Crippen molar-refractivity contribution in [1.29, 1.82) is 0 Å². The van der Waals surface area contributed by atoms with Gasteiger partial charge >= 0.3 is 6.09 Å². The van der Waals surface area contributed by atoms with E-state index >= 15 is 0 Å². The number of ether oxygens (including phenoxy) is 2. The third kappa shape index (κ3) is 3.17. The summed E-state index contributed by atoms with van der Waals surface area (Å²) in [6, 6.07) is 2.11. The lowest BCUT2D eigenvalue weighted by atomic mass is 10.1. The normalized spacial score (nSPS) is 15.7. The van der Waals surface area contributed by atoms with Crippen LogP contribution >= 0.6 is 11.3 Å². The Morgan fingerprint density at radius 3 is 2.79 bits per heavy atom. The summed E-state index contributed by atoms with van der Waals surface area (Å²) in [5, 5.41) is 0.888. The number of hydrogen-bond donors (Lipinski definition) is 3. The van der Waals surface area contributed by atoms with Crippen molar-refractivity contribution in [3.63, 3.8) is 0 Å². The summed E-state index contributed by atoms with van der Waals surface area (Å²) in [5.74, 6) is 1.44. The van der Waals surface area contributed by atoms with Gasteiger partial charge in [0.05, 0.1) is 12.0 Å². The molecule has 8 nitrogen and oxygen atoms in total. The fourth-order valence-electron chi connectivity index (χ4n) is 2.78. The number of nitrogens with two attached hydrogens (primary N) is 3. The van der Waals surface area contributed by atoms with Crippen LogP contribution in [-0.2, 0) is 0 Å². The SMILES string of the molecule is CCOc1cc(N2CCC(N)CC2)nc2sc(OC(N)=O)c(N)c12. The largest absolute Gasteiger partial charge is 0.493 e. The van der Waals surface area contributed by atoms with Gasteiger partial charge in [-0.25, -0.2) is 9.78 Å². The summed E-state index contributed by atoms with van der Waals surface area (Å²) in [6.07, 6.45) is 0.940. The number of anilines is 2. The third-order valence-corrected chi connectivity index (χ3v) is 4.95. The summed E-state index contributed by atoms with van der Waals surface area (Å²) < 4.78 is 10.7. The van der Waals surface area contributed by atoms with Crippen molar-refractivity contribution in [3.05, 3.63) is 6.07 Å². The molecule has 0 atom stereocenters. The molecule has 2 aromatic rings. The Bertz CT molecular complexity index is 755. The third-order valence-electron chi connectivity index (χ3n) is 3.97. The number of aromatic nitrogens is 1. The average Bonchev–Trinajstić information content (AvgIpc) is 2.84. The highest BCUT2D eigenvalue weighted by atomic mass is 32.1. The highest BCUT2D eigenvalue weighted by Gasteiger charge is 2.23. The van der Waals surface area contributed by atoms with Crippen LogP contribution < -0.4 is 31.6 Å². The lowest BCUT2D eigenvalue weighted by Gasteiger charge is -2.31. The molecular weight excluding hydrogens is 330 g/mol. The highest BCUT2D eigenvalue weighted by Crippen LogP contribution is 2.45. The van der Waals surface area contributed by atoms with E-state index in [1.165, 1.54) is 11.3 Å². The molecule has 1 saturated heterocycles. The number of carbonyl (C=O) groups excluding carboxylic acids is 1. The van der Waals surface area contributed by atoms with Gasteiger partial charge in [-0.05, 0) is 19.8 Å². The predicted octanol–water partition coefficient (Wildman–Crippen LogP) is 1.66. The first-order chi connectivity index (χ1) is 11.5. The maximum Gasteiger partial charge on any atom is 0.410 e. The Morgan fingerprint density at radius 2 is 2.17 bits per heavy atom. The molecule has 9 heteroatoms. The number of pyridine rings is 1. The van der Waals surface area contributed by atoms with Gasteiger partial charge in [0, 0.05) is 25.2 Å². The van der Waals surface area contributed by atoms with E-state index in [0.717, 1.165) is 31.7 Å². The second kappa shape index (κ2) is 6.70. The van der Waals surface area contributed by atoms with E-state index in [0.29, 0.717) is 28.3 Å². The van der Waals surface area contributed by atoms with Crippen LogP contribution in [0.3, 0.4) is 0 Å². The quantitative estimate of drug-likeness (QED) is 0.763. The van der Waals surface area contributed by atoms with E-state index in [2.05, 4.69) is 9.88 Å². The molecule has 6 N–H and O–H groups in total. The number of hydrogen-bond acceptors (Lipinski definition) is 8. The first kappa shape index (κ1) is 16.6. The second-order valence-corrected chi connectivity index (χ2v) is 6.60. The zero-order valence-electron chi connectivity index (χ0n) is 13.4. The average molecular weight is 351 g/mol. The van der Waals surface area contributed by atoms with Crippen molar-refractivity contribution in [2.24, 2.45) is 11.5 Å². The van der Waals surface area contributed by atoms with Crippen molar-refractivity contribution < 1.29 is 14.3 Å². The number of nitrogens with zero attached hydrogens (tertiary/aromatic N) is 2. The number of carbonyl (C=O) groups is 1. The molecule has 1 aliphatic rings. The summed E-state index contributed by atoms with van der Waals surface area (Å²) >= 11 is 1.18. The summed E-state index contributed by atoms with van der Waals surface area (Å²) in [6.45, 7) is 4.08. The molecule has 0 spiro atoms. The maximum absolute atomic E-state index is 11.0. The van der Waals surface area contributed by atoms with E-state index < -0.39 is 6.09 Å². The Hall–Kier alpha value is -2.26. The summed E-state index contributed by atoms with van der Waals surface area (Å²) in [4.78, 5) is 18.5. The number of primary amides is 1. The van der Waals surface area contributed by atoms with Crippen LogP contribution in [0.25, 0.3) is 10.2 Å². The molecule has 0 radical (unpaired) electrons. The Kier molecular flexibility index (Phi) is 4.63. The van der Waals surface area contributed by atoms with Gasteiger partial charge in [-0.3, -0.25) is 0 Å². The number of fused-ring (bicyclic) bond motifs is 1. The van der Waals surface area contributed by atoms with Crippen LogP contribution in [0.15, 0.2) is 6.07 Å². The lowest BCUT2D eigenvalue weighted by molar-refractivity contribution is 0.212. The van der Waals surface area contributed by atoms with Crippen molar-refractivity contribution in [3.8, 4) is 10.8 Å². The van der Waals surface area contributed by atoms with Gasteiger partial charge in [0.15, 0.2) is 0 Å². The monoisotopic (exact) mass is 351 g/mol. The first-order valence-corrected chi connectivity index (χ1v) is 8.64. The molecule has 0 aromatic carbocycles.